The first kappa shape index (κ1) is 17.7. The van der Waals surface area contributed by atoms with Gasteiger partial charge in [-0.2, -0.15) is 0 Å². The molecule has 1 aliphatic heterocycles. The Morgan fingerprint density at radius 1 is 1.12 bits per heavy atom. The van der Waals surface area contributed by atoms with Crippen LogP contribution in [0, 0.1) is 5.82 Å². The van der Waals surface area contributed by atoms with Gasteiger partial charge >= 0.3 is 5.97 Å². The van der Waals surface area contributed by atoms with Crippen molar-refractivity contribution in [2.24, 2.45) is 0 Å². The predicted octanol–water partition coefficient (Wildman–Crippen LogP) is 2.84. The van der Waals surface area contributed by atoms with Crippen LogP contribution >= 0.6 is 0 Å². The zero-order valence-corrected chi connectivity index (χ0v) is 14.5. The molecule has 0 aromatic heterocycles. The Kier molecular flexibility index (Phi) is 4.54. The summed E-state index contributed by atoms with van der Waals surface area (Å²) < 4.78 is 24.8. The van der Waals surface area contributed by atoms with Gasteiger partial charge in [-0.15, -0.1) is 0 Å². The standard InChI is InChI=1S/C19H18FNO5/c1-21-17(10-6-4-5-7-13(10)20)16(19(23)24)11-8-14(25-2)15(26-3)9-12(11)18(21)22/h4-9,16-17H,1-3H3,(H,23,24). The first-order chi connectivity index (χ1) is 12.4. The Hall–Kier alpha value is -3.09. The molecule has 7 heteroatoms. The van der Waals surface area contributed by atoms with Crippen LogP contribution in [0.3, 0.4) is 0 Å². The minimum atomic E-state index is -1.16. The number of hydrogen-bond acceptors (Lipinski definition) is 4. The molecule has 2 unspecified atom stereocenters. The second-order valence-corrected chi connectivity index (χ2v) is 5.99. The van der Waals surface area contributed by atoms with Crippen molar-refractivity contribution in [3.05, 3.63) is 58.9 Å². The zero-order valence-electron chi connectivity index (χ0n) is 14.5. The fraction of sp³-hybridized carbons (Fsp3) is 0.263. The number of benzene rings is 2. The van der Waals surface area contributed by atoms with Crippen molar-refractivity contribution in [3.63, 3.8) is 0 Å². The molecule has 0 aliphatic carbocycles. The van der Waals surface area contributed by atoms with Gasteiger partial charge in [0.25, 0.3) is 5.91 Å². The number of carboxylic acids is 1. The molecular formula is C19H18FNO5. The van der Waals surface area contributed by atoms with Crippen molar-refractivity contribution >= 4 is 11.9 Å². The maximum absolute atomic E-state index is 14.4. The van der Waals surface area contributed by atoms with Gasteiger partial charge in [0.05, 0.1) is 20.3 Å². The first-order valence-corrected chi connectivity index (χ1v) is 7.91. The van der Waals surface area contributed by atoms with Gasteiger partial charge in [0.15, 0.2) is 11.5 Å². The highest BCUT2D eigenvalue weighted by molar-refractivity contribution is 6.01. The lowest BCUT2D eigenvalue weighted by Crippen LogP contribution is -2.43. The van der Waals surface area contributed by atoms with Crippen molar-refractivity contribution in [1.29, 1.82) is 0 Å². The Labute approximate surface area is 149 Å². The maximum atomic E-state index is 14.4. The lowest BCUT2D eigenvalue weighted by Gasteiger charge is -2.39. The highest BCUT2D eigenvalue weighted by Crippen LogP contribution is 2.45. The molecule has 0 spiro atoms. The molecule has 0 saturated heterocycles. The van der Waals surface area contributed by atoms with E-state index in [4.69, 9.17) is 9.47 Å². The van der Waals surface area contributed by atoms with Crippen LogP contribution in [0.5, 0.6) is 11.5 Å². The lowest BCUT2D eigenvalue weighted by atomic mass is 9.79. The average molecular weight is 359 g/mol. The van der Waals surface area contributed by atoms with Gasteiger partial charge in [0.1, 0.15) is 11.7 Å². The van der Waals surface area contributed by atoms with E-state index in [1.54, 1.807) is 6.07 Å². The van der Waals surface area contributed by atoms with Crippen molar-refractivity contribution in [1.82, 2.24) is 4.90 Å². The molecule has 0 radical (unpaired) electrons. The van der Waals surface area contributed by atoms with Crippen LogP contribution in [0.15, 0.2) is 36.4 Å². The SMILES string of the molecule is COc1cc2c(cc1OC)C(C(=O)O)C(c1ccccc1F)N(C)C2=O. The molecule has 26 heavy (non-hydrogen) atoms. The number of carbonyl (C=O) groups is 2. The minimum Gasteiger partial charge on any atom is -0.493 e. The Morgan fingerprint density at radius 3 is 2.31 bits per heavy atom. The molecule has 2 aromatic carbocycles. The van der Waals surface area contributed by atoms with Crippen LogP contribution in [-0.4, -0.2) is 43.2 Å². The van der Waals surface area contributed by atoms with Gasteiger partial charge in [-0.05, 0) is 23.8 Å². The number of rotatable bonds is 4. The molecule has 3 rings (SSSR count). The second-order valence-electron chi connectivity index (χ2n) is 5.99. The van der Waals surface area contributed by atoms with Gasteiger partial charge in [0.2, 0.25) is 0 Å². The number of ether oxygens (including phenoxy) is 2. The first-order valence-electron chi connectivity index (χ1n) is 7.91. The molecule has 1 aliphatic rings. The number of nitrogens with zero attached hydrogens (tertiary/aromatic N) is 1. The summed E-state index contributed by atoms with van der Waals surface area (Å²) in [5.74, 6) is -2.65. The largest absolute Gasteiger partial charge is 0.493 e. The number of hydrogen-bond donors (Lipinski definition) is 1. The average Bonchev–Trinajstić information content (AvgIpc) is 2.63. The molecule has 1 N–H and O–H groups in total. The Bertz CT molecular complexity index is 882. The number of fused-ring (bicyclic) bond motifs is 1. The van der Waals surface area contributed by atoms with Crippen molar-refractivity contribution in [2.75, 3.05) is 21.3 Å². The van der Waals surface area contributed by atoms with E-state index in [-0.39, 0.29) is 16.7 Å². The van der Waals surface area contributed by atoms with Crippen LogP contribution in [-0.2, 0) is 4.79 Å². The summed E-state index contributed by atoms with van der Waals surface area (Å²) in [4.78, 5) is 26.2. The summed E-state index contributed by atoms with van der Waals surface area (Å²) in [6.07, 6.45) is 0. The number of likely N-dealkylation sites (N-methyl/N-ethyl adjacent to an activating group) is 1. The van der Waals surface area contributed by atoms with Gasteiger partial charge in [-0.1, -0.05) is 18.2 Å². The van der Waals surface area contributed by atoms with Crippen molar-refractivity contribution in [2.45, 2.75) is 12.0 Å². The van der Waals surface area contributed by atoms with E-state index >= 15 is 0 Å². The van der Waals surface area contributed by atoms with Gasteiger partial charge in [0, 0.05) is 18.2 Å². The molecule has 0 fully saturated rings. The smallest absolute Gasteiger partial charge is 0.313 e. The van der Waals surface area contributed by atoms with E-state index in [0.29, 0.717) is 11.5 Å². The van der Waals surface area contributed by atoms with Crippen LogP contribution < -0.4 is 9.47 Å². The molecular weight excluding hydrogens is 341 g/mol. The maximum Gasteiger partial charge on any atom is 0.313 e. The third kappa shape index (κ3) is 2.65. The van der Waals surface area contributed by atoms with Gasteiger partial charge in [-0.3, -0.25) is 9.59 Å². The number of amides is 1. The third-order valence-corrected chi connectivity index (χ3v) is 4.66. The number of carboxylic acid groups (broad SMARTS) is 1. The quantitative estimate of drug-likeness (QED) is 0.908. The van der Waals surface area contributed by atoms with Crippen LogP contribution in [0.2, 0.25) is 0 Å². The van der Waals surface area contributed by atoms with E-state index in [2.05, 4.69) is 0 Å². The van der Waals surface area contributed by atoms with E-state index in [1.807, 2.05) is 0 Å². The third-order valence-electron chi connectivity index (χ3n) is 4.66. The molecule has 0 saturated carbocycles. The molecule has 2 atom stereocenters. The van der Waals surface area contributed by atoms with Crippen LogP contribution in [0.25, 0.3) is 0 Å². The number of methoxy groups -OCH3 is 2. The zero-order chi connectivity index (χ0) is 19.0. The summed E-state index contributed by atoms with van der Waals surface area (Å²) in [5, 5.41) is 9.87. The second kappa shape index (κ2) is 6.67. The fourth-order valence-corrected chi connectivity index (χ4v) is 3.42. The highest BCUT2D eigenvalue weighted by atomic mass is 19.1. The summed E-state index contributed by atoms with van der Waals surface area (Å²) >= 11 is 0. The van der Waals surface area contributed by atoms with Gasteiger partial charge in [-0.25, -0.2) is 4.39 Å². The minimum absolute atomic E-state index is 0.149. The lowest BCUT2D eigenvalue weighted by molar-refractivity contribution is -0.140. The van der Waals surface area contributed by atoms with E-state index in [1.165, 1.54) is 56.5 Å². The summed E-state index contributed by atoms with van der Waals surface area (Å²) in [7, 11) is 4.32. The normalized spacial score (nSPS) is 19.1. The molecule has 6 nitrogen and oxygen atoms in total. The van der Waals surface area contributed by atoms with E-state index < -0.39 is 29.7 Å². The Balaban J connectivity index is 2.27. The topological polar surface area (TPSA) is 76.1 Å². The van der Waals surface area contributed by atoms with Crippen molar-refractivity contribution < 1.29 is 28.6 Å². The molecule has 2 aromatic rings. The molecule has 136 valence electrons. The van der Waals surface area contributed by atoms with E-state index in [9.17, 15) is 19.1 Å². The van der Waals surface area contributed by atoms with Crippen molar-refractivity contribution in [3.8, 4) is 11.5 Å². The van der Waals surface area contributed by atoms with E-state index in [0.717, 1.165) is 0 Å². The Morgan fingerprint density at radius 2 is 1.73 bits per heavy atom. The molecule has 1 heterocycles. The number of halogens is 1. The summed E-state index contributed by atoms with van der Waals surface area (Å²) in [6, 6.07) is 7.82. The number of carbonyl (C=O) groups excluding carboxylic acids is 1. The summed E-state index contributed by atoms with van der Waals surface area (Å²) in [6.45, 7) is 0. The predicted molar refractivity (Wildman–Crippen MR) is 91.2 cm³/mol. The van der Waals surface area contributed by atoms with Crippen LogP contribution in [0.1, 0.15) is 33.4 Å². The van der Waals surface area contributed by atoms with Crippen LogP contribution in [0.4, 0.5) is 4.39 Å². The molecule has 1 amide bonds. The van der Waals surface area contributed by atoms with Gasteiger partial charge < -0.3 is 19.5 Å². The number of aliphatic carboxylic acids is 1. The fourth-order valence-electron chi connectivity index (χ4n) is 3.42. The monoisotopic (exact) mass is 359 g/mol. The highest BCUT2D eigenvalue weighted by Gasteiger charge is 2.44. The molecule has 0 bridgehead atoms. The summed E-state index contributed by atoms with van der Waals surface area (Å²) in [5.41, 5.74) is 0.618.